The highest BCUT2D eigenvalue weighted by atomic mass is 16.3. The van der Waals surface area contributed by atoms with Crippen LogP contribution in [0.4, 0.5) is 5.69 Å². The summed E-state index contributed by atoms with van der Waals surface area (Å²) in [4.78, 5) is 4.68. The van der Waals surface area contributed by atoms with E-state index in [2.05, 4.69) is 29.8 Å². The van der Waals surface area contributed by atoms with Crippen LogP contribution in [0.3, 0.4) is 0 Å². The van der Waals surface area contributed by atoms with Gasteiger partial charge in [-0.15, -0.1) is 0 Å². The summed E-state index contributed by atoms with van der Waals surface area (Å²) in [5.74, 6) is 0.346. The lowest BCUT2D eigenvalue weighted by atomic mass is 10.1. The Labute approximate surface area is 90.9 Å². The summed E-state index contributed by atoms with van der Waals surface area (Å²) in [7, 11) is 2.15. The van der Waals surface area contributed by atoms with Gasteiger partial charge in [0.05, 0.1) is 0 Å². The van der Waals surface area contributed by atoms with Gasteiger partial charge in [0.1, 0.15) is 5.75 Å². The first kappa shape index (κ1) is 10.3. The predicted molar refractivity (Wildman–Crippen MR) is 62.4 cm³/mol. The van der Waals surface area contributed by atoms with Crippen molar-refractivity contribution in [3.63, 3.8) is 0 Å². The molecule has 1 fully saturated rings. The molecule has 82 valence electrons. The Bertz CT molecular complexity index is 340. The van der Waals surface area contributed by atoms with Crippen LogP contribution in [0.2, 0.25) is 0 Å². The number of hydrogen-bond acceptors (Lipinski definition) is 3. The third-order valence-corrected chi connectivity index (χ3v) is 2.99. The molecule has 15 heavy (non-hydrogen) atoms. The highest BCUT2D eigenvalue weighted by molar-refractivity contribution is 5.51. The maximum Gasteiger partial charge on any atom is 0.117 e. The lowest BCUT2D eigenvalue weighted by molar-refractivity contribution is 0.275. The van der Waals surface area contributed by atoms with Crippen molar-refractivity contribution in [3.05, 3.63) is 24.3 Å². The zero-order valence-electron chi connectivity index (χ0n) is 9.35. The number of piperazine rings is 1. The Morgan fingerprint density at radius 2 is 2.13 bits per heavy atom. The molecule has 0 bridgehead atoms. The average Bonchev–Trinajstić information content (AvgIpc) is 2.17. The Balaban J connectivity index is 2.17. The van der Waals surface area contributed by atoms with Gasteiger partial charge in [-0.2, -0.15) is 0 Å². The van der Waals surface area contributed by atoms with Crippen LogP contribution in [-0.4, -0.2) is 42.7 Å². The Hall–Kier alpha value is -1.22. The number of hydrogen-bond donors (Lipinski definition) is 1. The van der Waals surface area contributed by atoms with Gasteiger partial charge in [0.2, 0.25) is 0 Å². The molecule has 1 aromatic carbocycles. The molecule has 2 rings (SSSR count). The van der Waals surface area contributed by atoms with Crippen molar-refractivity contribution in [1.82, 2.24) is 4.90 Å². The van der Waals surface area contributed by atoms with Crippen molar-refractivity contribution < 1.29 is 5.11 Å². The first-order chi connectivity index (χ1) is 7.16. The van der Waals surface area contributed by atoms with Crippen molar-refractivity contribution in [2.45, 2.75) is 13.0 Å². The van der Waals surface area contributed by atoms with Crippen LogP contribution in [0, 0.1) is 0 Å². The molecule has 1 saturated heterocycles. The highest BCUT2D eigenvalue weighted by Crippen LogP contribution is 2.23. The van der Waals surface area contributed by atoms with Gasteiger partial charge >= 0.3 is 0 Å². The number of benzene rings is 1. The lowest BCUT2D eigenvalue weighted by Gasteiger charge is -2.39. The largest absolute Gasteiger partial charge is 0.508 e. The van der Waals surface area contributed by atoms with Crippen LogP contribution in [0.5, 0.6) is 5.75 Å². The summed E-state index contributed by atoms with van der Waals surface area (Å²) in [6, 6.07) is 8.01. The SMILES string of the molecule is CC1CN(C)CCN1c1cccc(O)c1. The number of phenols is 1. The monoisotopic (exact) mass is 206 g/mol. The molecule has 0 amide bonds. The fraction of sp³-hybridized carbons (Fsp3) is 0.500. The molecule has 1 atom stereocenters. The molecule has 0 aliphatic carbocycles. The van der Waals surface area contributed by atoms with E-state index in [9.17, 15) is 5.11 Å². The molecular weight excluding hydrogens is 188 g/mol. The standard InChI is InChI=1S/C12H18N2O/c1-10-9-13(2)6-7-14(10)11-4-3-5-12(15)8-11/h3-5,8,10,15H,6-7,9H2,1-2H3. The fourth-order valence-corrected chi connectivity index (χ4v) is 2.19. The zero-order valence-corrected chi connectivity index (χ0v) is 9.35. The summed E-state index contributed by atoms with van der Waals surface area (Å²) in [5, 5.41) is 9.44. The summed E-state index contributed by atoms with van der Waals surface area (Å²) in [6.45, 7) is 5.41. The maximum absolute atomic E-state index is 9.44. The smallest absolute Gasteiger partial charge is 0.117 e. The molecule has 0 aromatic heterocycles. The maximum atomic E-state index is 9.44. The van der Waals surface area contributed by atoms with Crippen LogP contribution < -0.4 is 4.90 Å². The predicted octanol–water partition coefficient (Wildman–Crippen LogP) is 1.53. The van der Waals surface area contributed by atoms with E-state index in [-0.39, 0.29) is 0 Å². The third kappa shape index (κ3) is 2.23. The third-order valence-electron chi connectivity index (χ3n) is 2.99. The molecule has 3 heteroatoms. The molecule has 1 aromatic rings. The number of anilines is 1. The summed E-state index contributed by atoms with van der Waals surface area (Å²) >= 11 is 0. The van der Waals surface area contributed by atoms with E-state index in [1.165, 1.54) is 0 Å². The minimum atomic E-state index is 0.346. The Kier molecular flexibility index (Phi) is 2.82. The van der Waals surface area contributed by atoms with Crippen molar-refractivity contribution in [2.75, 3.05) is 31.6 Å². The molecule has 1 heterocycles. The quantitative estimate of drug-likeness (QED) is 0.755. The minimum Gasteiger partial charge on any atom is -0.508 e. The van der Waals surface area contributed by atoms with Gasteiger partial charge < -0.3 is 14.9 Å². The van der Waals surface area contributed by atoms with Crippen molar-refractivity contribution in [1.29, 1.82) is 0 Å². The molecular formula is C12H18N2O. The van der Waals surface area contributed by atoms with E-state index in [0.29, 0.717) is 11.8 Å². The topological polar surface area (TPSA) is 26.7 Å². The number of phenolic OH excluding ortho intramolecular Hbond substituents is 1. The second kappa shape index (κ2) is 4.11. The zero-order chi connectivity index (χ0) is 10.8. The van der Waals surface area contributed by atoms with E-state index in [1.807, 2.05) is 12.1 Å². The van der Waals surface area contributed by atoms with Gasteiger partial charge in [0, 0.05) is 37.4 Å². The van der Waals surface area contributed by atoms with Gasteiger partial charge in [-0.3, -0.25) is 0 Å². The van der Waals surface area contributed by atoms with Gasteiger partial charge in [0.25, 0.3) is 0 Å². The van der Waals surface area contributed by atoms with Crippen LogP contribution in [0.1, 0.15) is 6.92 Å². The summed E-state index contributed by atoms with van der Waals surface area (Å²) < 4.78 is 0. The van der Waals surface area contributed by atoms with Crippen molar-refractivity contribution in [2.24, 2.45) is 0 Å². The van der Waals surface area contributed by atoms with Crippen molar-refractivity contribution in [3.8, 4) is 5.75 Å². The summed E-state index contributed by atoms with van der Waals surface area (Å²) in [6.07, 6.45) is 0. The second-order valence-corrected chi connectivity index (χ2v) is 4.32. The van der Waals surface area contributed by atoms with Crippen molar-refractivity contribution >= 4 is 5.69 Å². The van der Waals surface area contributed by atoms with E-state index >= 15 is 0 Å². The molecule has 1 unspecified atom stereocenters. The van der Waals surface area contributed by atoms with Gasteiger partial charge in [-0.25, -0.2) is 0 Å². The molecule has 1 N–H and O–H groups in total. The number of likely N-dealkylation sites (N-methyl/N-ethyl adjacent to an activating group) is 1. The molecule has 3 nitrogen and oxygen atoms in total. The second-order valence-electron chi connectivity index (χ2n) is 4.32. The first-order valence-corrected chi connectivity index (χ1v) is 5.41. The van der Waals surface area contributed by atoms with E-state index < -0.39 is 0 Å². The highest BCUT2D eigenvalue weighted by Gasteiger charge is 2.21. The Morgan fingerprint density at radius 3 is 2.80 bits per heavy atom. The molecule has 0 radical (unpaired) electrons. The van der Waals surface area contributed by atoms with Crippen LogP contribution >= 0.6 is 0 Å². The van der Waals surface area contributed by atoms with Gasteiger partial charge in [-0.1, -0.05) is 6.07 Å². The van der Waals surface area contributed by atoms with Gasteiger partial charge in [0.15, 0.2) is 0 Å². The molecule has 0 spiro atoms. The number of nitrogens with zero attached hydrogens (tertiary/aromatic N) is 2. The summed E-state index contributed by atoms with van der Waals surface area (Å²) in [5.41, 5.74) is 1.12. The molecule has 0 saturated carbocycles. The van der Waals surface area contributed by atoms with E-state index in [1.54, 1.807) is 6.07 Å². The fourth-order valence-electron chi connectivity index (χ4n) is 2.19. The normalized spacial score (nSPS) is 23.1. The van der Waals surface area contributed by atoms with E-state index in [4.69, 9.17) is 0 Å². The minimum absolute atomic E-state index is 0.346. The lowest BCUT2D eigenvalue weighted by Crippen LogP contribution is -2.50. The molecule has 1 aliphatic heterocycles. The van der Waals surface area contributed by atoms with Crippen LogP contribution in [0.15, 0.2) is 24.3 Å². The van der Waals surface area contributed by atoms with E-state index in [0.717, 1.165) is 25.3 Å². The first-order valence-electron chi connectivity index (χ1n) is 5.41. The molecule has 1 aliphatic rings. The average molecular weight is 206 g/mol. The number of rotatable bonds is 1. The Morgan fingerprint density at radius 1 is 1.33 bits per heavy atom. The van der Waals surface area contributed by atoms with Crippen LogP contribution in [-0.2, 0) is 0 Å². The number of aromatic hydroxyl groups is 1. The van der Waals surface area contributed by atoms with Crippen LogP contribution in [0.25, 0.3) is 0 Å². The van der Waals surface area contributed by atoms with Gasteiger partial charge in [-0.05, 0) is 26.1 Å².